The van der Waals surface area contributed by atoms with Gasteiger partial charge in [-0.2, -0.15) is 12.6 Å². The van der Waals surface area contributed by atoms with E-state index >= 15 is 0 Å². The van der Waals surface area contributed by atoms with E-state index in [0.29, 0.717) is 0 Å². The zero-order valence-electron chi connectivity index (χ0n) is 6.90. The number of nitrogens with zero attached hydrogens (tertiary/aromatic N) is 1. The Balaban J connectivity index is 2.89. The number of hydrogen-bond donors (Lipinski definition) is 1. The molecule has 0 N–H and O–H groups in total. The first kappa shape index (κ1) is 9.13. The topological polar surface area (TPSA) is 22.1 Å². The van der Waals surface area contributed by atoms with Crippen LogP contribution in [0.15, 0.2) is 24.5 Å². The van der Waals surface area contributed by atoms with Crippen molar-refractivity contribution in [3.63, 3.8) is 0 Å². The Bertz CT molecular complexity index is 273. The summed E-state index contributed by atoms with van der Waals surface area (Å²) in [6.45, 7) is 0. The standard InChI is InChI=1S/C9H11NOS/c1-11-9-4-5-10-7-8(9)3-2-6-12/h2-5,7,12H,6H2,1H3. The lowest BCUT2D eigenvalue weighted by molar-refractivity contribution is 0.413. The fraction of sp³-hybridized carbons (Fsp3) is 0.222. The summed E-state index contributed by atoms with van der Waals surface area (Å²) in [5.41, 5.74) is 0.981. The van der Waals surface area contributed by atoms with Crippen LogP contribution in [0, 0.1) is 0 Å². The van der Waals surface area contributed by atoms with Crippen LogP contribution in [0.25, 0.3) is 6.08 Å². The fourth-order valence-electron chi connectivity index (χ4n) is 0.885. The second-order valence-corrected chi connectivity index (χ2v) is 2.57. The van der Waals surface area contributed by atoms with Gasteiger partial charge in [-0.15, -0.1) is 0 Å². The summed E-state index contributed by atoms with van der Waals surface area (Å²) >= 11 is 4.07. The van der Waals surface area contributed by atoms with Crippen LogP contribution in [0.3, 0.4) is 0 Å². The molecule has 1 aromatic heterocycles. The minimum Gasteiger partial charge on any atom is -0.496 e. The van der Waals surface area contributed by atoms with Crippen LogP contribution in [-0.2, 0) is 0 Å². The lowest BCUT2D eigenvalue weighted by Gasteiger charge is -2.01. The van der Waals surface area contributed by atoms with Gasteiger partial charge in [-0.25, -0.2) is 0 Å². The molecule has 0 aliphatic heterocycles. The molecule has 64 valence electrons. The lowest BCUT2D eigenvalue weighted by atomic mass is 10.2. The highest BCUT2D eigenvalue weighted by atomic mass is 32.1. The molecule has 1 aromatic rings. The van der Waals surface area contributed by atoms with E-state index in [4.69, 9.17) is 4.74 Å². The molecule has 1 heterocycles. The van der Waals surface area contributed by atoms with Crippen LogP contribution < -0.4 is 4.74 Å². The Labute approximate surface area is 77.7 Å². The average molecular weight is 181 g/mol. The van der Waals surface area contributed by atoms with Crippen LogP contribution in [0.1, 0.15) is 5.56 Å². The number of aromatic nitrogens is 1. The Morgan fingerprint density at radius 2 is 2.50 bits per heavy atom. The van der Waals surface area contributed by atoms with Crippen molar-refractivity contribution >= 4 is 18.7 Å². The first-order valence-electron chi connectivity index (χ1n) is 3.64. The summed E-state index contributed by atoms with van der Waals surface area (Å²) in [7, 11) is 1.65. The molecule has 0 radical (unpaired) electrons. The lowest BCUT2D eigenvalue weighted by Crippen LogP contribution is -1.87. The third kappa shape index (κ3) is 2.27. The highest BCUT2D eigenvalue weighted by Gasteiger charge is 1.95. The zero-order chi connectivity index (χ0) is 8.81. The normalized spacial score (nSPS) is 10.5. The van der Waals surface area contributed by atoms with E-state index in [1.54, 1.807) is 19.5 Å². The fourth-order valence-corrected chi connectivity index (χ4v) is 0.990. The van der Waals surface area contributed by atoms with Gasteiger partial charge < -0.3 is 4.74 Å². The van der Waals surface area contributed by atoms with Gasteiger partial charge in [-0.1, -0.05) is 12.2 Å². The Kier molecular flexibility index (Phi) is 3.67. The molecule has 0 atom stereocenters. The molecule has 0 saturated carbocycles. The highest BCUT2D eigenvalue weighted by Crippen LogP contribution is 2.16. The molecule has 0 bridgehead atoms. The molecule has 0 aliphatic rings. The smallest absolute Gasteiger partial charge is 0.129 e. The summed E-state index contributed by atoms with van der Waals surface area (Å²) in [6, 6.07) is 1.83. The Hall–Kier alpha value is -0.960. The van der Waals surface area contributed by atoms with Gasteiger partial charge in [0.1, 0.15) is 5.75 Å². The van der Waals surface area contributed by atoms with Gasteiger partial charge in [0.05, 0.1) is 7.11 Å². The third-order valence-electron chi connectivity index (χ3n) is 1.43. The van der Waals surface area contributed by atoms with Crippen LogP contribution in [-0.4, -0.2) is 17.8 Å². The largest absolute Gasteiger partial charge is 0.496 e. The minimum absolute atomic E-state index is 0.720. The average Bonchev–Trinajstić information content (AvgIpc) is 2.15. The Morgan fingerprint density at radius 3 is 3.17 bits per heavy atom. The number of rotatable bonds is 3. The molecule has 0 aromatic carbocycles. The predicted octanol–water partition coefficient (Wildman–Crippen LogP) is 2.03. The molecule has 0 spiro atoms. The second kappa shape index (κ2) is 4.83. The van der Waals surface area contributed by atoms with Crippen molar-refractivity contribution < 1.29 is 4.74 Å². The number of hydrogen-bond acceptors (Lipinski definition) is 3. The van der Waals surface area contributed by atoms with Gasteiger partial charge in [0, 0.05) is 23.7 Å². The van der Waals surface area contributed by atoms with E-state index in [9.17, 15) is 0 Å². The van der Waals surface area contributed by atoms with E-state index in [2.05, 4.69) is 17.6 Å². The molecule has 0 fully saturated rings. The highest BCUT2D eigenvalue weighted by molar-refractivity contribution is 7.80. The van der Waals surface area contributed by atoms with Crippen molar-refractivity contribution in [2.24, 2.45) is 0 Å². The summed E-state index contributed by atoms with van der Waals surface area (Å²) in [4.78, 5) is 3.99. The predicted molar refractivity (Wildman–Crippen MR) is 53.7 cm³/mol. The van der Waals surface area contributed by atoms with Crippen LogP contribution in [0.2, 0.25) is 0 Å². The molecular weight excluding hydrogens is 170 g/mol. The number of pyridine rings is 1. The molecule has 12 heavy (non-hydrogen) atoms. The quantitative estimate of drug-likeness (QED) is 0.721. The third-order valence-corrected chi connectivity index (χ3v) is 1.64. The van der Waals surface area contributed by atoms with Crippen molar-refractivity contribution in [2.45, 2.75) is 0 Å². The van der Waals surface area contributed by atoms with Crippen molar-refractivity contribution in [1.82, 2.24) is 4.98 Å². The van der Waals surface area contributed by atoms with Gasteiger partial charge >= 0.3 is 0 Å². The maximum Gasteiger partial charge on any atom is 0.129 e. The van der Waals surface area contributed by atoms with E-state index in [1.807, 2.05) is 18.2 Å². The molecule has 0 aliphatic carbocycles. The molecule has 0 saturated heterocycles. The zero-order valence-corrected chi connectivity index (χ0v) is 7.79. The van der Waals surface area contributed by atoms with Crippen molar-refractivity contribution in [1.29, 1.82) is 0 Å². The van der Waals surface area contributed by atoms with Gasteiger partial charge in [0.15, 0.2) is 0 Å². The Morgan fingerprint density at radius 1 is 1.67 bits per heavy atom. The summed E-state index contributed by atoms with van der Waals surface area (Å²) in [5.74, 6) is 1.56. The molecule has 3 heteroatoms. The number of thiol groups is 1. The molecule has 0 amide bonds. The second-order valence-electron chi connectivity index (χ2n) is 2.20. The summed E-state index contributed by atoms with van der Waals surface area (Å²) < 4.78 is 5.13. The monoisotopic (exact) mass is 181 g/mol. The van der Waals surface area contributed by atoms with E-state index < -0.39 is 0 Å². The van der Waals surface area contributed by atoms with Gasteiger partial charge in [-0.05, 0) is 6.07 Å². The van der Waals surface area contributed by atoms with E-state index in [-0.39, 0.29) is 0 Å². The summed E-state index contributed by atoms with van der Waals surface area (Å²) in [6.07, 6.45) is 7.36. The number of methoxy groups -OCH3 is 1. The molecule has 1 rings (SSSR count). The first-order valence-corrected chi connectivity index (χ1v) is 4.27. The molecule has 0 unspecified atom stereocenters. The van der Waals surface area contributed by atoms with Gasteiger partial charge in [-0.3, -0.25) is 4.98 Å². The molecule has 2 nitrogen and oxygen atoms in total. The van der Waals surface area contributed by atoms with E-state index in [1.165, 1.54) is 0 Å². The van der Waals surface area contributed by atoms with Crippen LogP contribution in [0.5, 0.6) is 5.75 Å². The SMILES string of the molecule is COc1ccncc1C=CCS. The van der Waals surface area contributed by atoms with Gasteiger partial charge in [0.2, 0.25) is 0 Å². The van der Waals surface area contributed by atoms with Crippen molar-refractivity contribution in [3.8, 4) is 5.75 Å². The van der Waals surface area contributed by atoms with Crippen molar-refractivity contribution in [3.05, 3.63) is 30.1 Å². The van der Waals surface area contributed by atoms with Crippen LogP contribution >= 0.6 is 12.6 Å². The van der Waals surface area contributed by atoms with Crippen LogP contribution in [0.4, 0.5) is 0 Å². The van der Waals surface area contributed by atoms with E-state index in [0.717, 1.165) is 17.1 Å². The van der Waals surface area contributed by atoms with Gasteiger partial charge in [0.25, 0.3) is 0 Å². The minimum atomic E-state index is 0.720. The maximum atomic E-state index is 5.13. The number of ether oxygens (including phenoxy) is 1. The maximum absolute atomic E-state index is 5.13. The molecular formula is C9H11NOS. The first-order chi connectivity index (χ1) is 5.88. The van der Waals surface area contributed by atoms with Crippen molar-refractivity contribution in [2.75, 3.05) is 12.9 Å². The summed E-state index contributed by atoms with van der Waals surface area (Å²) in [5, 5.41) is 0.